The van der Waals surface area contributed by atoms with Crippen LogP contribution in [0.25, 0.3) is 33.7 Å². The Bertz CT molecular complexity index is 1640. The molecule has 2 aromatic carbocycles. The number of imidazole rings is 1. The molecule has 4 aromatic rings. The number of sulfone groups is 1. The topological polar surface area (TPSA) is 71.3 Å². The fraction of sp³-hybridized carbons (Fsp3) is 0.419. The van der Waals surface area contributed by atoms with E-state index >= 15 is 0 Å². The molecule has 1 aliphatic carbocycles. The van der Waals surface area contributed by atoms with E-state index < -0.39 is 9.84 Å². The van der Waals surface area contributed by atoms with Gasteiger partial charge in [-0.25, -0.2) is 13.4 Å². The van der Waals surface area contributed by atoms with Crippen molar-refractivity contribution >= 4 is 26.6 Å². The van der Waals surface area contributed by atoms with Crippen LogP contribution in [0.1, 0.15) is 32.7 Å². The molecule has 7 nitrogen and oxygen atoms in total. The maximum Gasteiger partial charge on any atom is 0.175 e. The molecule has 7 rings (SSSR count). The zero-order valence-electron chi connectivity index (χ0n) is 22.8. The van der Waals surface area contributed by atoms with Gasteiger partial charge in [0.1, 0.15) is 11.3 Å². The van der Waals surface area contributed by atoms with Gasteiger partial charge in [-0.1, -0.05) is 26.0 Å². The zero-order chi connectivity index (χ0) is 26.9. The Morgan fingerprint density at radius 2 is 1.62 bits per heavy atom. The van der Waals surface area contributed by atoms with Crippen LogP contribution in [0.3, 0.4) is 0 Å². The van der Waals surface area contributed by atoms with E-state index in [-0.39, 0.29) is 0 Å². The highest BCUT2D eigenvalue weighted by Gasteiger charge is 2.51. The van der Waals surface area contributed by atoms with Crippen LogP contribution in [-0.2, 0) is 9.84 Å². The Morgan fingerprint density at radius 1 is 0.949 bits per heavy atom. The van der Waals surface area contributed by atoms with E-state index in [0.717, 1.165) is 65.5 Å². The van der Waals surface area contributed by atoms with E-state index in [9.17, 15) is 8.42 Å². The molecule has 1 saturated carbocycles. The maximum absolute atomic E-state index is 11.9. The molecule has 2 aromatic heterocycles. The fourth-order valence-corrected chi connectivity index (χ4v) is 7.08. The largest absolute Gasteiger partial charge is 0.370 e. The third kappa shape index (κ3) is 4.53. The van der Waals surface area contributed by atoms with Crippen molar-refractivity contribution in [3.05, 3.63) is 60.8 Å². The first-order chi connectivity index (χ1) is 18.7. The monoisotopic (exact) mass is 541 g/mol. The second-order valence-electron chi connectivity index (χ2n) is 12.4. The minimum Gasteiger partial charge on any atom is -0.370 e. The molecular weight excluding hydrogens is 506 g/mol. The Hall–Kier alpha value is -3.23. The minimum absolute atomic E-state index is 0.321. The minimum atomic E-state index is -3.24. The number of likely N-dealkylation sites (tertiary alicyclic amines) is 1. The van der Waals surface area contributed by atoms with Gasteiger partial charge in [0.25, 0.3) is 0 Å². The van der Waals surface area contributed by atoms with Crippen molar-refractivity contribution in [3.8, 4) is 22.6 Å². The van der Waals surface area contributed by atoms with Crippen LogP contribution in [0.5, 0.6) is 0 Å². The van der Waals surface area contributed by atoms with E-state index in [1.54, 1.807) is 12.1 Å². The van der Waals surface area contributed by atoms with Crippen LogP contribution >= 0.6 is 0 Å². The van der Waals surface area contributed by atoms with Gasteiger partial charge in [0, 0.05) is 67.3 Å². The van der Waals surface area contributed by atoms with Gasteiger partial charge < -0.3 is 14.4 Å². The number of rotatable bonds is 7. The third-order valence-corrected chi connectivity index (χ3v) is 9.48. The molecule has 3 aliphatic rings. The molecule has 202 valence electrons. The smallest absolute Gasteiger partial charge is 0.175 e. The van der Waals surface area contributed by atoms with Crippen LogP contribution in [0.15, 0.2) is 65.7 Å². The van der Waals surface area contributed by atoms with Gasteiger partial charge in [0.05, 0.1) is 22.3 Å². The lowest BCUT2D eigenvalue weighted by Crippen LogP contribution is -2.72. The quantitative estimate of drug-likeness (QED) is 0.317. The average molecular weight is 542 g/mol. The first kappa shape index (κ1) is 24.8. The number of anilines is 1. The summed E-state index contributed by atoms with van der Waals surface area (Å²) in [5.41, 5.74) is 6.70. The highest BCUT2D eigenvalue weighted by Crippen LogP contribution is 2.43. The second kappa shape index (κ2) is 8.89. The van der Waals surface area contributed by atoms with Gasteiger partial charge in [0.15, 0.2) is 9.84 Å². The first-order valence-electron chi connectivity index (χ1n) is 13.9. The number of pyridine rings is 1. The van der Waals surface area contributed by atoms with Gasteiger partial charge in [0.2, 0.25) is 0 Å². The molecule has 0 unspecified atom stereocenters. The molecule has 2 saturated heterocycles. The number of benzene rings is 2. The molecular formula is C31H35N5O2S. The van der Waals surface area contributed by atoms with Crippen molar-refractivity contribution < 1.29 is 8.42 Å². The van der Waals surface area contributed by atoms with Crippen LogP contribution in [0, 0.1) is 11.3 Å². The van der Waals surface area contributed by atoms with E-state index in [0.29, 0.717) is 16.4 Å². The molecule has 0 amide bonds. The molecule has 0 bridgehead atoms. The number of fused-ring (bicyclic) bond motifs is 1. The number of hydrogen-bond donors (Lipinski definition) is 0. The standard InChI is InChI=1S/C31H35N5O2S/c1-21(2)16-34-17-31(18-34)19-35(20-31)24-8-4-22(5-9-24)27-14-29-28(15-32-27)33-30(36(29)25-10-11-25)23-6-12-26(13-7-23)39(3,37)38/h4-9,12-15,21,25H,10-11,16-20H2,1-3H3. The summed E-state index contributed by atoms with van der Waals surface area (Å²) in [6, 6.07) is 18.4. The van der Waals surface area contributed by atoms with Gasteiger partial charge >= 0.3 is 0 Å². The Balaban J connectivity index is 1.12. The van der Waals surface area contributed by atoms with Crippen molar-refractivity contribution in [2.45, 2.75) is 37.6 Å². The highest BCUT2D eigenvalue weighted by atomic mass is 32.2. The number of nitrogens with zero attached hydrogens (tertiary/aromatic N) is 5. The molecule has 2 aliphatic heterocycles. The zero-order valence-corrected chi connectivity index (χ0v) is 23.7. The summed E-state index contributed by atoms with van der Waals surface area (Å²) in [7, 11) is -3.24. The summed E-state index contributed by atoms with van der Waals surface area (Å²) in [5, 5.41) is 0. The van der Waals surface area contributed by atoms with Crippen molar-refractivity contribution in [2.75, 3.05) is 43.9 Å². The Labute approximate surface area is 230 Å². The summed E-state index contributed by atoms with van der Waals surface area (Å²) >= 11 is 0. The van der Waals surface area contributed by atoms with Crippen LogP contribution in [0.4, 0.5) is 5.69 Å². The van der Waals surface area contributed by atoms with Crippen molar-refractivity contribution in [1.29, 1.82) is 0 Å². The third-order valence-electron chi connectivity index (χ3n) is 8.35. The summed E-state index contributed by atoms with van der Waals surface area (Å²) in [5.74, 6) is 1.61. The van der Waals surface area contributed by atoms with Crippen molar-refractivity contribution in [2.24, 2.45) is 11.3 Å². The summed E-state index contributed by atoms with van der Waals surface area (Å²) in [4.78, 5) is 15.1. The van der Waals surface area contributed by atoms with Crippen molar-refractivity contribution in [3.63, 3.8) is 0 Å². The molecule has 0 atom stereocenters. The first-order valence-corrected chi connectivity index (χ1v) is 15.8. The van der Waals surface area contributed by atoms with Crippen LogP contribution in [0.2, 0.25) is 0 Å². The Morgan fingerprint density at radius 3 is 2.23 bits per heavy atom. The fourth-order valence-electron chi connectivity index (χ4n) is 6.45. The van der Waals surface area contributed by atoms with Crippen molar-refractivity contribution in [1.82, 2.24) is 19.4 Å². The number of aromatic nitrogens is 3. The van der Waals surface area contributed by atoms with E-state index in [4.69, 9.17) is 9.97 Å². The van der Waals surface area contributed by atoms with E-state index in [1.165, 1.54) is 31.6 Å². The lowest BCUT2D eigenvalue weighted by molar-refractivity contribution is -0.0279. The summed E-state index contributed by atoms with van der Waals surface area (Å²) in [6.45, 7) is 10.6. The highest BCUT2D eigenvalue weighted by molar-refractivity contribution is 7.90. The Kier molecular flexibility index (Phi) is 5.65. The lowest BCUT2D eigenvalue weighted by Gasteiger charge is -2.61. The molecule has 4 heterocycles. The number of hydrogen-bond acceptors (Lipinski definition) is 6. The van der Waals surface area contributed by atoms with Gasteiger partial charge in [-0.3, -0.25) is 4.98 Å². The normalized spacial score (nSPS) is 19.0. The van der Waals surface area contributed by atoms with Crippen LogP contribution < -0.4 is 4.90 Å². The maximum atomic E-state index is 11.9. The predicted molar refractivity (Wildman–Crippen MR) is 156 cm³/mol. The van der Waals surface area contributed by atoms with E-state index in [1.807, 2.05) is 18.3 Å². The average Bonchev–Trinajstić information content (AvgIpc) is 3.63. The lowest BCUT2D eigenvalue weighted by atomic mass is 9.72. The predicted octanol–water partition coefficient (Wildman–Crippen LogP) is 5.28. The van der Waals surface area contributed by atoms with Crippen LogP contribution in [-0.4, -0.2) is 66.8 Å². The molecule has 3 fully saturated rings. The summed E-state index contributed by atoms with van der Waals surface area (Å²) in [6.07, 6.45) is 5.35. The second-order valence-corrected chi connectivity index (χ2v) is 14.4. The molecule has 1 spiro atoms. The molecule has 39 heavy (non-hydrogen) atoms. The van der Waals surface area contributed by atoms with Gasteiger partial charge in [-0.05, 0) is 61.2 Å². The van der Waals surface area contributed by atoms with Gasteiger partial charge in [-0.15, -0.1) is 0 Å². The molecule has 8 heteroatoms. The summed E-state index contributed by atoms with van der Waals surface area (Å²) < 4.78 is 26.1. The van der Waals surface area contributed by atoms with Gasteiger partial charge in [-0.2, -0.15) is 0 Å². The van der Waals surface area contributed by atoms with E-state index in [2.05, 4.69) is 58.5 Å². The molecule has 0 N–H and O–H groups in total. The molecule has 0 radical (unpaired) electrons. The SMILES string of the molecule is CC(C)CN1CC2(C1)CN(c1ccc(-c3cc4c(cn3)nc(-c3ccc(S(C)(=O)=O)cc3)n4C3CC3)cc1)C2.